The molecule has 0 bridgehead atoms. The van der Waals surface area contributed by atoms with Crippen molar-refractivity contribution in [2.75, 3.05) is 7.11 Å². The van der Waals surface area contributed by atoms with E-state index >= 15 is 0 Å². The zero-order chi connectivity index (χ0) is 19.1. The van der Waals surface area contributed by atoms with Crippen molar-refractivity contribution in [3.63, 3.8) is 0 Å². The molecule has 5 nitrogen and oxygen atoms in total. The Labute approximate surface area is 161 Å². The van der Waals surface area contributed by atoms with E-state index in [1.807, 2.05) is 26.2 Å². The van der Waals surface area contributed by atoms with Gasteiger partial charge in [0, 0.05) is 24.2 Å². The van der Waals surface area contributed by atoms with Gasteiger partial charge in [-0.1, -0.05) is 29.3 Å². The van der Waals surface area contributed by atoms with E-state index in [0.717, 1.165) is 22.4 Å². The number of aryl methyl sites for hydroxylation is 2. The topological polar surface area (TPSA) is 48.5 Å². The second kappa shape index (κ2) is 6.59. The summed E-state index contributed by atoms with van der Waals surface area (Å²) in [6, 6.07) is 11.4. The van der Waals surface area contributed by atoms with Gasteiger partial charge in [0.1, 0.15) is 5.75 Å². The van der Waals surface area contributed by atoms with Crippen LogP contribution in [0.4, 0.5) is 0 Å². The van der Waals surface area contributed by atoms with Crippen LogP contribution in [0.5, 0.6) is 5.75 Å². The third-order valence-electron chi connectivity index (χ3n) is 4.60. The third-order valence-corrected chi connectivity index (χ3v) is 4.90. The molecular formula is C21H18ClN3O2. The third kappa shape index (κ3) is 3.00. The smallest absolute Gasteiger partial charge is 0.298 e. The fraction of sp³-hybridized carbons (Fsp3) is 0.143. The molecule has 0 atom stereocenters. The Morgan fingerprint density at radius 2 is 1.89 bits per heavy atom. The standard InChI is InChI=1S/C21H18ClN3O2/c1-13-4-5-14(2)16(10-13)18-12-24-8-9-25(21(26)20(24)23-18)15-6-7-19(27-3)17(22)11-15/h4-12H,1-3H3. The highest BCUT2D eigenvalue weighted by Gasteiger charge is 2.13. The van der Waals surface area contributed by atoms with Gasteiger partial charge in [-0.05, 0) is 43.7 Å². The van der Waals surface area contributed by atoms with Crippen molar-refractivity contribution >= 4 is 17.2 Å². The number of imidazole rings is 1. The molecule has 27 heavy (non-hydrogen) atoms. The van der Waals surface area contributed by atoms with Crippen LogP contribution in [0.15, 0.2) is 59.8 Å². The van der Waals surface area contributed by atoms with Gasteiger partial charge < -0.3 is 9.14 Å². The summed E-state index contributed by atoms with van der Waals surface area (Å²) in [5.74, 6) is 0.563. The number of ether oxygens (including phenoxy) is 1. The summed E-state index contributed by atoms with van der Waals surface area (Å²) in [5, 5.41) is 0.446. The summed E-state index contributed by atoms with van der Waals surface area (Å²) in [6.45, 7) is 4.08. The molecule has 4 aromatic rings. The number of halogens is 1. The van der Waals surface area contributed by atoms with Gasteiger partial charge in [0.15, 0.2) is 0 Å². The minimum absolute atomic E-state index is 0.213. The molecule has 2 aromatic heterocycles. The first-order valence-electron chi connectivity index (χ1n) is 8.50. The van der Waals surface area contributed by atoms with Crippen molar-refractivity contribution in [3.8, 4) is 22.7 Å². The quantitative estimate of drug-likeness (QED) is 0.529. The molecule has 0 radical (unpaired) electrons. The number of nitrogens with zero attached hydrogens (tertiary/aromatic N) is 3. The molecule has 4 rings (SSSR count). The summed E-state index contributed by atoms with van der Waals surface area (Å²) in [5.41, 5.74) is 4.88. The lowest BCUT2D eigenvalue weighted by molar-refractivity contribution is 0.415. The maximum Gasteiger partial charge on any atom is 0.298 e. The van der Waals surface area contributed by atoms with Crippen molar-refractivity contribution in [1.82, 2.24) is 14.0 Å². The number of rotatable bonds is 3. The van der Waals surface area contributed by atoms with Crippen LogP contribution in [0.3, 0.4) is 0 Å². The molecule has 0 aliphatic heterocycles. The molecule has 2 heterocycles. The number of aromatic nitrogens is 3. The average Bonchev–Trinajstić information content (AvgIpc) is 3.09. The largest absolute Gasteiger partial charge is 0.495 e. The molecule has 0 saturated carbocycles. The molecule has 0 fully saturated rings. The minimum Gasteiger partial charge on any atom is -0.495 e. The van der Waals surface area contributed by atoms with Gasteiger partial charge in [-0.2, -0.15) is 0 Å². The Morgan fingerprint density at radius 1 is 1.07 bits per heavy atom. The van der Waals surface area contributed by atoms with E-state index in [2.05, 4.69) is 23.2 Å². The molecule has 0 amide bonds. The Kier molecular flexibility index (Phi) is 4.24. The first-order chi connectivity index (χ1) is 13.0. The van der Waals surface area contributed by atoms with Gasteiger partial charge in [0.2, 0.25) is 5.65 Å². The summed E-state index contributed by atoms with van der Waals surface area (Å²) in [6.07, 6.45) is 5.41. The Bertz CT molecular complexity index is 1220. The van der Waals surface area contributed by atoms with E-state index in [0.29, 0.717) is 22.1 Å². The SMILES string of the molecule is COc1ccc(-n2ccn3cc(-c4cc(C)ccc4C)nc3c2=O)cc1Cl. The minimum atomic E-state index is -0.213. The molecule has 0 saturated heterocycles. The summed E-state index contributed by atoms with van der Waals surface area (Å²) < 4.78 is 8.45. The second-order valence-electron chi connectivity index (χ2n) is 6.47. The predicted octanol–water partition coefficient (Wildman–Crippen LogP) is 4.43. The van der Waals surface area contributed by atoms with Crippen LogP contribution in [0, 0.1) is 13.8 Å². The lowest BCUT2D eigenvalue weighted by Crippen LogP contribution is -2.19. The number of methoxy groups -OCH3 is 1. The van der Waals surface area contributed by atoms with Crippen molar-refractivity contribution in [1.29, 1.82) is 0 Å². The summed E-state index contributed by atoms with van der Waals surface area (Å²) in [4.78, 5) is 17.6. The van der Waals surface area contributed by atoms with Gasteiger partial charge in [-0.25, -0.2) is 4.98 Å². The highest BCUT2D eigenvalue weighted by molar-refractivity contribution is 6.32. The van der Waals surface area contributed by atoms with E-state index in [4.69, 9.17) is 16.3 Å². The molecule has 0 N–H and O–H groups in total. The van der Waals surface area contributed by atoms with E-state index in [1.54, 1.807) is 35.9 Å². The van der Waals surface area contributed by atoms with Crippen LogP contribution in [0.25, 0.3) is 22.6 Å². The zero-order valence-corrected chi connectivity index (χ0v) is 16.0. The molecule has 6 heteroatoms. The monoisotopic (exact) mass is 379 g/mol. The van der Waals surface area contributed by atoms with Crippen molar-refractivity contribution in [3.05, 3.63) is 81.5 Å². The van der Waals surface area contributed by atoms with Crippen molar-refractivity contribution in [2.24, 2.45) is 0 Å². The Balaban J connectivity index is 1.87. The number of hydrogen-bond donors (Lipinski definition) is 0. The molecule has 0 spiro atoms. The first-order valence-corrected chi connectivity index (χ1v) is 8.87. The molecule has 0 aliphatic carbocycles. The molecular weight excluding hydrogens is 362 g/mol. The fourth-order valence-electron chi connectivity index (χ4n) is 3.13. The van der Waals surface area contributed by atoms with Crippen LogP contribution in [0.1, 0.15) is 11.1 Å². The molecule has 2 aromatic carbocycles. The van der Waals surface area contributed by atoms with E-state index in [1.165, 1.54) is 4.57 Å². The lowest BCUT2D eigenvalue weighted by Gasteiger charge is -2.08. The average molecular weight is 380 g/mol. The highest BCUT2D eigenvalue weighted by atomic mass is 35.5. The zero-order valence-electron chi connectivity index (χ0n) is 15.2. The van der Waals surface area contributed by atoms with Gasteiger partial charge in [0.25, 0.3) is 5.56 Å². The van der Waals surface area contributed by atoms with Crippen LogP contribution >= 0.6 is 11.6 Å². The van der Waals surface area contributed by atoms with Gasteiger partial charge >= 0.3 is 0 Å². The van der Waals surface area contributed by atoms with E-state index in [9.17, 15) is 4.79 Å². The maximum absolute atomic E-state index is 13.0. The lowest BCUT2D eigenvalue weighted by atomic mass is 10.0. The molecule has 0 aliphatic rings. The van der Waals surface area contributed by atoms with Gasteiger partial charge in [-0.15, -0.1) is 0 Å². The number of benzene rings is 2. The van der Waals surface area contributed by atoms with Gasteiger partial charge in [-0.3, -0.25) is 9.36 Å². The Hall–Kier alpha value is -3.05. The van der Waals surface area contributed by atoms with Crippen molar-refractivity contribution < 1.29 is 4.74 Å². The van der Waals surface area contributed by atoms with E-state index < -0.39 is 0 Å². The second-order valence-corrected chi connectivity index (χ2v) is 6.87. The Morgan fingerprint density at radius 3 is 2.63 bits per heavy atom. The number of hydrogen-bond acceptors (Lipinski definition) is 3. The molecule has 136 valence electrons. The van der Waals surface area contributed by atoms with Crippen LogP contribution in [0.2, 0.25) is 5.02 Å². The van der Waals surface area contributed by atoms with Crippen molar-refractivity contribution in [2.45, 2.75) is 13.8 Å². The first kappa shape index (κ1) is 17.4. The van der Waals surface area contributed by atoms with Crippen LogP contribution < -0.4 is 10.3 Å². The van der Waals surface area contributed by atoms with Crippen LogP contribution in [-0.2, 0) is 0 Å². The fourth-order valence-corrected chi connectivity index (χ4v) is 3.38. The predicted molar refractivity (Wildman–Crippen MR) is 107 cm³/mol. The maximum atomic E-state index is 13.0. The van der Waals surface area contributed by atoms with Gasteiger partial charge in [0.05, 0.1) is 23.5 Å². The van der Waals surface area contributed by atoms with E-state index in [-0.39, 0.29) is 5.56 Å². The highest BCUT2D eigenvalue weighted by Crippen LogP contribution is 2.27. The number of fused-ring (bicyclic) bond motifs is 1. The molecule has 0 unspecified atom stereocenters. The summed E-state index contributed by atoms with van der Waals surface area (Å²) in [7, 11) is 1.55. The normalized spacial score (nSPS) is 11.1. The van der Waals surface area contributed by atoms with Crippen LogP contribution in [-0.4, -0.2) is 21.1 Å². The summed E-state index contributed by atoms with van der Waals surface area (Å²) >= 11 is 6.21.